The van der Waals surface area contributed by atoms with Crippen molar-refractivity contribution in [1.82, 2.24) is 10.3 Å². The van der Waals surface area contributed by atoms with E-state index in [9.17, 15) is 0 Å². The third kappa shape index (κ3) is 2.33. The van der Waals surface area contributed by atoms with E-state index < -0.39 is 0 Å². The van der Waals surface area contributed by atoms with Gasteiger partial charge in [0.25, 0.3) is 0 Å². The predicted molar refractivity (Wildman–Crippen MR) is 77.0 cm³/mol. The fourth-order valence-corrected chi connectivity index (χ4v) is 3.38. The largest absolute Gasteiger partial charge is 0.314 e. The molecule has 1 aromatic carbocycles. The number of benzene rings is 1. The molecule has 3 heteroatoms. The average Bonchev–Trinajstić information content (AvgIpc) is 2.87. The Bertz CT molecular complexity index is 545. The van der Waals surface area contributed by atoms with E-state index in [0.717, 1.165) is 17.2 Å². The maximum absolute atomic E-state index is 4.68. The van der Waals surface area contributed by atoms with Crippen LogP contribution < -0.4 is 5.32 Å². The molecular formula is C15H18N2S. The summed E-state index contributed by atoms with van der Waals surface area (Å²) in [5.74, 6) is 0. The maximum atomic E-state index is 4.68. The van der Waals surface area contributed by atoms with Crippen LogP contribution in [0.25, 0.3) is 11.3 Å². The highest BCUT2D eigenvalue weighted by Crippen LogP contribution is 2.28. The molecule has 1 N–H and O–H groups in total. The van der Waals surface area contributed by atoms with E-state index >= 15 is 0 Å². The van der Waals surface area contributed by atoms with Crippen LogP contribution in [0.3, 0.4) is 0 Å². The van der Waals surface area contributed by atoms with Crippen molar-refractivity contribution >= 4 is 11.3 Å². The van der Waals surface area contributed by atoms with Crippen molar-refractivity contribution in [2.45, 2.75) is 32.2 Å². The number of nitrogens with zero attached hydrogens (tertiary/aromatic N) is 1. The zero-order valence-electron chi connectivity index (χ0n) is 10.7. The number of thiazole rings is 1. The molecule has 0 bridgehead atoms. The van der Waals surface area contributed by atoms with Crippen LogP contribution in [0.5, 0.6) is 0 Å². The number of nitrogens with one attached hydrogen (secondary N) is 1. The summed E-state index contributed by atoms with van der Waals surface area (Å²) < 4.78 is 0. The molecule has 0 aliphatic heterocycles. The lowest BCUT2D eigenvalue weighted by atomic mass is 9.90. The van der Waals surface area contributed by atoms with Crippen molar-refractivity contribution in [1.29, 1.82) is 0 Å². The topological polar surface area (TPSA) is 24.9 Å². The molecule has 2 nitrogen and oxygen atoms in total. The second-order valence-electron chi connectivity index (χ2n) is 4.85. The van der Waals surface area contributed by atoms with Gasteiger partial charge >= 0.3 is 0 Å². The lowest BCUT2D eigenvalue weighted by molar-refractivity contribution is 0.686. The van der Waals surface area contributed by atoms with Crippen molar-refractivity contribution in [3.05, 3.63) is 39.7 Å². The minimum atomic E-state index is 0.857. The summed E-state index contributed by atoms with van der Waals surface area (Å²) in [6.45, 7) is 0.857. The van der Waals surface area contributed by atoms with Crippen molar-refractivity contribution in [3.63, 3.8) is 0 Å². The van der Waals surface area contributed by atoms with Gasteiger partial charge in [-0.3, -0.25) is 0 Å². The first-order chi connectivity index (χ1) is 8.86. The molecule has 1 heterocycles. The summed E-state index contributed by atoms with van der Waals surface area (Å²) >= 11 is 1.73. The summed E-state index contributed by atoms with van der Waals surface area (Å²) in [4.78, 5) is 4.68. The van der Waals surface area contributed by atoms with Gasteiger partial charge in [0, 0.05) is 17.5 Å². The number of hydrogen-bond donors (Lipinski definition) is 1. The van der Waals surface area contributed by atoms with E-state index in [2.05, 4.69) is 33.9 Å². The highest BCUT2D eigenvalue weighted by Gasteiger charge is 2.11. The summed E-state index contributed by atoms with van der Waals surface area (Å²) in [6, 6.07) is 6.86. The highest BCUT2D eigenvalue weighted by molar-refractivity contribution is 7.09. The van der Waals surface area contributed by atoms with Crippen molar-refractivity contribution in [3.8, 4) is 11.3 Å². The van der Waals surface area contributed by atoms with Crippen LogP contribution in [-0.4, -0.2) is 12.0 Å². The number of aryl methyl sites for hydroxylation is 2. The van der Waals surface area contributed by atoms with Gasteiger partial charge < -0.3 is 5.32 Å². The van der Waals surface area contributed by atoms with E-state index in [0.29, 0.717) is 0 Å². The van der Waals surface area contributed by atoms with Gasteiger partial charge in [0.1, 0.15) is 5.01 Å². The van der Waals surface area contributed by atoms with Crippen LogP contribution in [0.1, 0.15) is 29.0 Å². The van der Waals surface area contributed by atoms with Crippen LogP contribution >= 0.6 is 11.3 Å². The van der Waals surface area contributed by atoms with E-state index in [4.69, 9.17) is 0 Å². The Morgan fingerprint density at radius 1 is 1.22 bits per heavy atom. The molecule has 94 valence electrons. The Morgan fingerprint density at radius 3 is 2.89 bits per heavy atom. The Kier molecular flexibility index (Phi) is 3.43. The molecule has 1 aliphatic carbocycles. The SMILES string of the molecule is CNCc1nc(-c2ccc3c(c2)CCCC3)cs1. The molecular weight excluding hydrogens is 240 g/mol. The summed E-state index contributed by atoms with van der Waals surface area (Å²) in [7, 11) is 1.96. The van der Waals surface area contributed by atoms with Crippen LogP contribution in [-0.2, 0) is 19.4 Å². The normalized spacial score (nSPS) is 14.5. The molecule has 0 saturated carbocycles. The smallest absolute Gasteiger partial charge is 0.107 e. The standard InChI is InChI=1S/C15H18N2S/c1-16-9-15-17-14(10-18-15)13-7-6-11-4-2-3-5-12(11)8-13/h6-8,10,16H,2-5,9H2,1H3. The summed E-state index contributed by atoms with van der Waals surface area (Å²) in [6.07, 6.45) is 5.16. The second kappa shape index (κ2) is 5.21. The minimum absolute atomic E-state index is 0.857. The average molecular weight is 258 g/mol. The lowest BCUT2D eigenvalue weighted by Crippen LogP contribution is -2.04. The van der Waals surface area contributed by atoms with Gasteiger partial charge in [-0.25, -0.2) is 4.98 Å². The van der Waals surface area contributed by atoms with E-state index in [1.54, 1.807) is 11.3 Å². The second-order valence-corrected chi connectivity index (χ2v) is 5.79. The third-order valence-electron chi connectivity index (χ3n) is 3.52. The minimum Gasteiger partial charge on any atom is -0.314 e. The Labute approximate surface area is 112 Å². The molecule has 18 heavy (non-hydrogen) atoms. The Morgan fingerprint density at radius 2 is 2.06 bits per heavy atom. The lowest BCUT2D eigenvalue weighted by Gasteiger charge is -2.16. The molecule has 0 spiro atoms. The molecule has 0 amide bonds. The first kappa shape index (κ1) is 11.9. The molecule has 2 aromatic rings. The van der Waals surface area contributed by atoms with Crippen molar-refractivity contribution in [2.24, 2.45) is 0 Å². The summed E-state index contributed by atoms with van der Waals surface area (Å²) in [5.41, 5.74) is 5.46. The quantitative estimate of drug-likeness (QED) is 0.912. The van der Waals surface area contributed by atoms with Gasteiger partial charge in [-0.15, -0.1) is 11.3 Å². The van der Waals surface area contributed by atoms with Gasteiger partial charge in [0.15, 0.2) is 0 Å². The fraction of sp³-hybridized carbons (Fsp3) is 0.400. The van der Waals surface area contributed by atoms with Crippen LogP contribution in [0.15, 0.2) is 23.6 Å². The van der Waals surface area contributed by atoms with Crippen LogP contribution in [0, 0.1) is 0 Å². The molecule has 1 aromatic heterocycles. The first-order valence-corrected chi connectivity index (χ1v) is 7.46. The third-order valence-corrected chi connectivity index (χ3v) is 4.37. The molecule has 0 atom stereocenters. The monoisotopic (exact) mass is 258 g/mol. The summed E-state index contributed by atoms with van der Waals surface area (Å²) in [5, 5.41) is 6.47. The van der Waals surface area contributed by atoms with E-state index in [1.165, 1.54) is 42.4 Å². The highest BCUT2D eigenvalue weighted by atomic mass is 32.1. The number of aromatic nitrogens is 1. The van der Waals surface area contributed by atoms with Crippen molar-refractivity contribution < 1.29 is 0 Å². The van der Waals surface area contributed by atoms with Crippen LogP contribution in [0.4, 0.5) is 0 Å². The van der Waals surface area contributed by atoms with Gasteiger partial charge in [0.2, 0.25) is 0 Å². The van der Waals surface area contributed by atoms with Gasteiger partial charge in [0.05, 0.1) is 5.69 Å². The zero-order valence-corrected chi connectivity index (χ0v) is 11.5. The number of rotatable bonds is 3. The van der Waals surface area contributed by atoms with Gasteiger partial charge in [-0.2, -0.15) is 0 Å². The molecule has 1 aliphatic rings. The van der Waals surface area contributed by atoms with Crippen molar-refractivity contribution in [2.75, 3.05) is 7.05 Å². The Hall–Kier alpha value is -1.19. The predicted octanol–water partition coefficient (Wildman–Crippen LogP) is 3.41. The van der Waals surface area contributed by atoms with E-state index in [-0.39, 0.29) is 0 Å². The Balaban J connectivity index is 1.91. The van der Waals surface area contributed by atoms with Crippen LogP contribution in [0.2, 0.25) is 0 Å². The van der Waals surface area contributed by atoms with Gasteiger partial charge in [-0.05, 0) is 49.9 Å². The van der Waals surface area contributed by atoms with E-state index in [1.807, 2.05) is 7.05 Å². The fourth-order valence-electron chi connectivity index (χ4n) is 2.57. The number of hydrogen-bond acceptors (Lipinski definition) is 3. The molecule has 3 rings (SSSR count). The molecule has 0 unspecified atom stereocenters. The maximum Gasteiger partial charge on any atom is 0.107 e. The number of fused-ring (bicyclic) bond motifs is 1. The first-order valence-electron chi connectivity index (χ1n) is 6.58. The molecule has 0 radical (unpaired) electrons. The van der Waals surface area contributed by atoms with Gasteiger partial charge in [-0.1, -0.05) is 12.1 Å². The molecule has 0 fully saturated rings. The zero-order chi connectivity index (χ0) is 12.4. The molecule has 0 saturated heterocycles.